The number of anilines is 2. The number of sulfonamides is 1. The van der Waals surface area contributed by atoms with Crippen LogP contribution < -0.4 is 10.0 Å². The standard InChI is InChI=1S/C10H12N4O3S/c1-7-6-17-10(13-7)14-18(15,16)9-8(11-2)4-3-5-12-9/h3-6,11H,1-2H3,(H,13,14). The third-order valence-electron chi connectivity index (χ3n) is 2.14. The summed E-state index contributed by atoms with van der Waals surface area (Å²) in [6.45, 7) is 1.70. The summed E-state index contributed by atoms with van der Waals surface area (Å²) in [5, 5.41) is 2.65. The molecule has 0 aliphatic carbocycles. The van der Waals surface area contributed by atoms with Gasteiger partial charge in [-0.25, -0.2) is 9.71 Å². The van der Waals surface area contributed by atoms with Crippen LogP contribution in [-0.2, 0) is 10.0 Å². The average Bonchev–Trinajstić information content (AvgIpc) is 2.74. The quantitative estimate of drug-likeness (QED) is 0.865. The van der Waals surface area contributed by atoms with E-state index in [4.69, 9.17) is 4.42 Å². The Morgan fingerprint density at radius 2 is 2.17 bits per heavy atom. The molecule has 0 aliphatic rings. The molecule has 0 saturated heterocycles. The number of nitrogens with one attached hydrogen (secondary N) is 2. The molecule has 2 aromatic heterocycles. The van der Waals surface area contributed by atoms with Crippen molar-refractivity contribution in [1.29, 1.82) is 0 Å². The normalized spacial score (nSPS) is 11.2. The van der Waals surface area contributed by atoms with E-state index in [1.54, 1.807) is 26.1 Å². The van der Waals surface area contributed by atoms with Crippen molar-refractivity contribution in [2.75, 3.05) is 17.1 Å². The SMILES string of the molecule is CNc1cccnc1S(=O)(=O)Nc1nc(C)co1. The van der Waals surface area contributed by atoms with Gasteiger partial charge >= 0.3 is 6.01 Å². The summed E-state index contributed by atoms with van der Waals surface area (Å²) >= 11 is 0. The summed E-state index contributed by atoms with van der Waals surface area (Å²) < 4.78 is 31.3. The van der Waals surface area contributed by atoms with Gasteiger partial charge in [-0.3, -0.25) is 0 Å². The van der Waals surface area contributed by atoms with Crippen molar-refractivity contribution in [2.45, 2.75) is 11.9 Å². The van der Waals surface area contributed by atoms with Crippen molar-refractivity contribution in [3.63, 3.8) is 0 Å². The maximum Gasteiger partial charge on any atom is 0.309 e. The van der Waals surface area contributed by atoms with Gasteiger partial charge in [0.1, 0.15) is 6.26 Å². The number of pyridine rings is 1. The maximum absolute atomic E-state index is 12.1. The molecular weight excluding hydrogens is 256 g/mol. The summed E-state index contributed by atoms with van der Waals surface area (Å²) in [5.41, 5.74) is 0.982. The number of aryl methyl sites for hydroxylation is 1. The lowest BCUT2D eigenvalue weighted by atomic mass is 10.4. The van der Waals surface area contributed by atoms with Crippen molar-refractivity contribution < 1.29 is 12.8 Å². The first kappa shape index (κ1) is 12.4. The Bertz CT molecular complexity index is 651. The molecule has 18 heavy (non-hydrogen) atoms. The van der Waals surface area contributed by atoms with Crippen molar-refractivity contribution >= 4 is 21.7 Å². The molecule has 0 bridgehead atoms. The predicted molar refractivity (Wildman–Crippen MR) is 65.8 cm³/mol. The smallest absolute Gasteiger partial charge is 0.309 e. The third-order valence-corrected chi connectivity index (χ3v) is 3.41. The highest BCUT2D eigenvalue weighted by molar-refractivity contribution is 7.92. The Kier molecular flexibility index (Phi) is 3.19. The number of oxazole rings is 1. The molecule has 2 N–H and O–H groups in total. The van der Waals surface area contributed by atoms with E-state index in [0.717, 1.165) is 0 Å². The molecular formula is C10H12N4O3S. The molecule has 8 heteroatoms. The second kappa shape index (κ2) is 4.65. The van der Waals surface area contributed by atoms with E-state index in [2.05, 4.69) is 20.0 Å². The fourth-order valence-corrected chi connectivity index (χ4v) is 2.44. The van der Waals surface area contributed by atoms with Crippen LogP contribution in [0.3, 0.4) is 0 Å². The average molecular weight is 268 g/mol. The lowest BCUT2D eigenvalue weighted by Crippen LogP contribution is -2.16. The van der Waals surface area contributed by atoms with Gasteiger partial charge in [0, 0.05) is 13.2 Å². The van der Waals surface area contributed by atoms with E-state index in [1.165, 1.54) is 12.5 Å². The van der Waals surface area contributed by atoms with Crippen molar-refractivity contribution in [2.24, 2.45) is 0 Å². The minimum absolute atomic E-state index is 0.0831. The van der Waals surface area contributed by atoms with Gasteiger partial charge in [-0.2, -0.15) is 13.4 Å². The van der Waals surface area contributed by atoms with Crippen LogP contribution in [-0.4, -0.2) is 25.4 Å². The molecule has 0 amide bonds. The van der Waals surface area contributed by atoms with E-state index in [-0.39, 0.29) is 11.0 Å². The van der Waals surface area contributed by atoms with Crippen LogP contribution in [0, 0.1) is 6.92 Å². The van der Waals surface area contributed by atoms with Crippen LogP contribution in [0.25, 0.3) is 0 Å². The van der Waals surface area contributed by atoms with Gasteiger partial charge in [0.2, 0.25) is 0 Å². The minimum Gasteiger partial charge on any atom is -0.431 e. The Balaban J connectivity index is 2.36. The van der Waals surface area contributed by atoms with E-state index >= 15 is 0 Å². The topological polar surface area (TPSA) is 97.1 Å². The monoisotopic (exact) mass is 268 g/mol. The second-order valence-electron chi connectivity index (χ2n) is 3.51. The van der Waals surface area contributed by atoms with E-state index < -0.39 is 10.0 Å². The predicted octanol–water partition coefficient (Wildman–Crippen LogP) is 1.22. The second-order valence-corrected chi connectivity index (χ2v) is 5.10. The Morgan fingerprint density at radius 1 is 1.39 bits per heavy atom. The molecule has 2 rings (SSSR count). The fraction of sp³-hybridized carbons (Fsp3) is 0.200. The van der Waals surface area contributed by atoms with Gasteiger partial charge in [-0.15, -0.1) is 0 Å². The van der Waals surface area contributed by atoms with Crippen LogP contribution in [0.1, 0.15) is 5.69 Å². The lowest BCUT2D eigenvalue weighted by molar-refractivity contribution is 0.568. The Morgan fingerprint density at radius 3 is 2.78 bits per heavy atom. The maximum atomic E-state index is 12.1. The van der Waals surface area contributed by atoms with E-state index in [1.807, 2.05) is 0 Å². The summed E-state index contributed by atoms with van der Waals surface area (Å²) in [7, 11) is -2.21. The van der Waals surface area contributed by atoms with Crippen molar-refractivity contribution in [1.82, 2.24) is 9.97 Å². The van der Waals surface area contributed by atoms with Crippen LogP contribution in [0.2, 0.25) is 0 Å². The van der Waals surface area contributed by atoms with E-state index in [9.17, 15) is 8.42 Å². The van der Waals surface area contributed by atoms with Crippen LogP contribution in [0.5, 0.6) is 0 Å². The zero-order chi connectivity index (χ0) is 13.2. The molecule has 0 aliphatic heterocycles. The molecule has 96 valence electrons. The van der Waals surface area contributed by atoms with Gasteiger partial charge in [0.25, 0.3) is 10.0 Å². The first-order valence-electron chi connectivity index (χ1n) is 5.10. The number of rotatable bonds is 4. The van der Waals surface area contributed by atoms with Crippen LogP contribution >= 0.6 is 0 Å². The largest absolute Gasteiger partial charge is 0.431 e. The van der Waals surface area contributed by atoms with Gasteiger partial charge in [-0.1, -0.05) is 0 Å². The first-order valence-corrected chi connectivity index (χ1v) is 6.59. The minimum atomic E-state index is -3.82. The molecule has 7 nitrogen and oxygen atoms in total. The van der Waals surface area contributed by atoms with Crippen molar-refractivity contribution in [3.8, 4) is 0 Å². The molecule has 2 heterocycles. The zero-order valence-electron chi connectivity index (χ0n) is 9.84. The van der Waals surface area contributed by atoms with Crippen LogP contribution in [0.15, 0.2) is 34.0 Å². The summed E-state index contributed by atoms with van der Waals surface area (Å²) in [6, 6.07) is 3.17. The molecule has 0 unspecified atom stereocenters. The molecule has 0 fully saturated rings. The number of aromatic nitrogens is 2. The summed E-state index contributed by atoms with van der Waals surface area (Å²) in [5.74, 6) is 0. The third kappa shape index (κ3) is 2.43. The van der Waals surface area contributed by atoms with Gasteiger partial charge < -0.3 is 9.73 Å². The lowest BCUT2D eigenvalue weighted by Gasteiger charge is -2.08. The molecule has 0 atom stereocenters. The van der Waals surface area contributed by atoms with Gasteiger partial charge in [0.15, 0.2) is 5.03 Å². The van der Waals surface area contributed by atoms with Gasteiger partial charge in [-0.05, 0) is 19.1 Å². The van der Waals surface area contributed by atoms with Crippen molar-refractivity contribution in [3.05, 3.63) is 30.3 Å². The molecule has 0 aromatic carbocycles. The molecule has 0 radical (unpaired) electrons. The summed E-state index contributed by atoms with van der Waals surface area (Å²) in [6.07, 6.45) is 2.76. The highest BCUT2D eigenvalue weighted by Crippen LogP contribution is 2.20. The number of nitrogens with zero attached hydrogens (tertiary/aromatic N) is 2. The molecule has 0 spiro atoms. The highest BCUT2D eigenvalue weighted by Gasteiger charge is 2.21. The molecule has 2 aromatic rings. The summed E-state index contributed by atoms with van der Waals surface area (Å²) in [4.78, 5) is 7.71. The Hall–Kier alpha value is -2.09. The van der Waals surface area contributed by atoms with Crippen LogP contribution in [0.4, 0.5) is 11.7 Å². The number of hydrogen-bond acceptors (Lipinski definition) is 6. The first-order chi connectivity index (χ1) is 8.53. The molecule has 0 saturated carbocycles. The highest BCUT2D eigenvalue weighted by atomic mass is 32.2. The fourth-order valence-electron chi connectivity index (χ4n) is 1.36. The van der Waals surface area contributed by atoms with Gasteiger partial charge in [0.05, 0.1) is 11.4 Å². The Labute approximate surface area is 104 Å². The zero-order valence-corrected chi connectivity index (χ0v) is 10.7. The van der Waals surface area contributed by atoms with E-state index in [0.29, 0.717) is 11.4 Å². The number of hydrogen-bond donors (Lipinski definition) is 2.